The summed E-state index contributed by atoms with van der Waals surface area (Å²) in [5.74, 6) is 0. The third-order valence-corrected chi connectivity index (χ3v) is 3.92. The van der Waals surface area contributed by atoms with Crippen LogP contribution in [-0.2, 0) is 0 Å². The number of anilines is 3. The average molecular weight is 304 g/mol. The zero-order valence-electron chi connectivity index (χ0n) is 14.1. The molecule has 2 aromatic carbocycles. The van der Waals surface area contributed by atoms with Crippen molar-refractivity contribution in [2.45, 2.75) is 27.2 Å². The molecule has 0 bridgehead atoms. The van der Waals surface area contributed by atoms with Gasteiger partial charge in [-0.1, -0.05) is 43.7 Å². The van der Waals surface area contributed by atoms with Crippen LogP contribution in [-0.4, -0.2) is 0 Å². The maximum atomic E-state index is 3.51. The van der Waals surface area contributed by atoms with Crippen LogP contribution in [0.1, 0.15) is 27.2 Å². The van der Waals surface area contributed by atoms with Crippen molar-refractivity contribution in [1.29, 1.82) is 0 Å². The molecule has 2 heteroatoms. The number of hydrogen-bond acceptors (Lipinski definition) is 2. The summed E-state index contributed by atoms with van der Waals surface area (Å²) >= 11 is 0. The first-order valence-electron chi connectivity index (χ1n) is 8.09. The Kier molecular flexibility index (Phi) is 4.24. The van der Waals surface area contributed by atoms with E-state index >= 15 is 0 Å². The van der Waals surface area contributed by atoms with Crippen LogP contribution in [0, 0.1) is 5.41 Å². The molecule has 1 aliphatic rings. The van der Waals surface area contributed by atoms with Gasteiger partial charge in [0.15, 0.2) is 0 Å². The van der Waals surface area contributed by atoms with Gasteiger partial charge < -0.3 is 10.6 Å². The number of benzene rings is 2. The molecule has 0 aliphatic heterocycles. The Balaban J connectivity index is 1.69. The van der Waals surface area contributed by atoms with Crippen LogP contribution in [0.15, 0.2) is 78.0 Å². The van der Waals surface area contributed by atoms with Gasteiger partial charge in [-0.05, 0) is 61.2 Å². The Morgan fingerprint density at radius 1 is 0.783 bits per heavy atom. The van der Waals surface area contributed by atoms with Gasteiger partial charge in [0.2, 0.25) is 0 Å². The van der Waals surface area contributed by atoms with E-state index in [-0.39, 0.29) is 5.41 Å². The van der Waals surface area contributed by atoms with Crippen LogP contribution in [0.4, 0.5) is 17.1 Å². The minimum absolute atomic E-state index is 0.218. The molecular formula is C21H24N2. The van der Waals surface area contributed by atoms with Crippen molar-refractivity contribution in [2.75, 3.05) is 10.6 Å². The zero-order chi connectivity index (χ0) is 16.3. The fourth-order valence-corrected chi connectivity index (χ4v) is 3.11. The van der Waals surface area contributed by atoms with Crippen molar-refractivity contribution < 1.29 is 0 Å². The van der Waals surface area contributed by atoms with E-state index in [9.17, 15) is 0 Å². The van der Waals surface area contributed by atoms with Crippen molar-refractivity contribution in [3.8, 4) is 0 Å². The number of para-hydroxylation sites is 1. The molecule has 0 unspecified atom stereocenters. The van der Waals surface area contributed by atoms with Crippen molar-refractivity contribution in [3.63, 3.8) is 0 Å². The van der Waals surface area contributed by atoms with E-state index in [0.29, 0.717) is 0 Å². The predicted octanol–water partition coefficient (Wildman–Crippen LogP) is 6.10. The fraction of sp³-hybridized carbons (Fsp3) is 0.238. The first kappa shape index (κ1) is 15.4. The monoisotopic (exact) mass is 304 g/mol. The van der Waals surface area contributed by atoms with Crippen LogP contribution in [0.25, 0.3) is 0 Å². The van der Waals surface area contributed by atoms with Crippen molar-refractivity contribution in [2.24, 2.45) is 5.41 Å². The van der Waals surface area contributed by atoms with Gasteiger partial charge in [0.1, 0.15) is 0 Å². The molecule has 23 heavy (non-hydrogen) atoms. The average Bonchev–Trinajstić information content (AvgIpc) is 2.48. The third kappa shape index (κ3) is 4.26. The summed E-state index contributed by atoms with van der Waals surface area (Å²) in [5.41, 5.74) is 6.12. The van der Waals surface area contributed by atoms with Gasteiger partial charge in [-0.3, -0.25) is 0 Å². The van der Waals surface area contributed by atoms with E-state index in [4.69, 9.17) is 0 Å². The fourth-order valence-electron chi connectivity index (χ4n) is 3.11. The van der Waals surface area contributed by atoms with E-state index in [1.165, 1.54) is 11.3 Å². The summed E-state index contributed by atoms with van der Waals surface area (Å²) in [7, 11) is 0. The SMILES string of the molecule is CC1=CC(Nc2ccc(Nc3ccccc3)cc2)=CC(C)(C)C1. The molecule has 0 saturated carbocycles. The summed E-state index contributed by atoms with van der Waals surface area (Å²) in [4.78, 5) is 0. The molecule has 118 valence electrons. The van der Waals surface area contributed by atoms with Crippen LogP contribution < -0.4 is 10.6 Å². The molecule has 0 heterocycles. The molecule has 2 nitrogen and oxygen atoms in total. The zero-order valence-corrected chi connectivity index (χ0v) is 14.1. The smallest absolute Gasteiger partial charge is 0.0385 e. The van der Waals surface area contributed by atoms with Crippen LogP contribution in [0.3, 0.4) is 0 Å². The number of rotatable bonds is 4. The van der Waals surface area contributed by atoms with E-state index < -0.39 is 0 Å². The van der Waals surface area contributed by atoms with Gasteiger partial charge in [-0.25, -0.2) is 0 Å². The highest BCUT2D eigenvalue weighted by molar-refractivity contribution is 5.63. The number of hydrogen-bond donors (Lipinski definition) is 2. The number of allylic oxidation sites excluding steroid dienone is 3. The Labute approximate surface area is 138 Å². The maximum absolute atomic E-state index is 3.51. The molecule has 2 aromatic rings. The Hall–Kier alpha value is -2.48. The predicted molar refractivity (Wildman–Crippen MR) is 100 cm³/mol. The van der Waals surface area contributed by atoms with Gasteiger partial charge in [0.05, 0.1) is 0 Å². The lowest BCUT2D eigenvalue weighted by Gasteiger charge is -2.27. The second-order valence-corrected chi connectivity index (χ2v) is 6.95. The van der Waals surface area contributed by atoms with Crippen LogP contribution in [0.2, 0.25) is 0 Å². The molecule has 3 rings (SSSR count). The molecule has 0 spiro atoms. The van der Waals surface area contributed by atoms with Crippen molar-refractivity contribution in [3.05, 3.63) is 78.0 Å². The van der Waals surface area contributed by atoms with E-state index in [0.717, 1.165) is 23.5 Å². The van der Waals surface area contributed by atoms with Gasteiger partial charge >= 0.3 is 0 Å². The van der Waals surface area contributed by atoms with Gasteiger partial charge in [0.25, 0.3) is 0 Å². The summed E-state index contributed by atoms with van der Waals surface area (Å²) in [6.45, 7) is 6.75. The normalized spacial score (nSPS) is 16.3. The quantitative estimate of drug-likeness (QED) is 0.713. The van der Waals surface area contributed by atoms with Crippen molar-refractivity contribution >= 4 is 17.1 Å². The molecule has 0 amide bonds. The minimum Gasteiger partial charge on any atom is -0.356 e. The standard InChI is InChI=1S/C21H24N2/c1-16-13-20(15-21(2,3)14-16)23-19-11-9-18(10-12-19)22-17-7-5-4-6-8-17/h4-13,15,22-23H,14H2,1-3H3. The van der Waals surface area contributed by atoms with E-state index in [1.807, 2.05) is 18.2 Å². The molecule has 0 saturated heterocycles. The summed E-state index contributed by atoms with van der Waals surface area (Å²) in [5, 5.41) is 6.92. The topological polar surface area (TPSA) is 24.1 Å². The summed E-state index contributed by atoms with van der Waals surface area (Å²) in [6, 6.07) is 18.6. The first-order chi connectivity index (χ1) is 11.0. The highest BCUT2D eigenvalue weighted by atomic mass is 14.9. The van der Waals surface area contributed by atoms with Gasteiger partial charge in [-0.15, -0.1) is 0 Å². The molecule has 2 N–H and O–H groups in total. The molecule has 0 radical (unpaired) electrons. The summed E-state index contributed by atoms with van der Waals surface area (Å²) in [6.07, 6.45) is 5.68. The lowest BCUT2D eigenvalue weighted by Crippen LogP contribution is -2.15. The Morgan fingerprint density at radius 2 is 1.35 bits per heavy atom. The molecule has 0 atom stereocenters. The maximum Gasteiger partial charge on any atom is 0.0385 e. The highest BCUT2D eigenvalue weighted by Gasteiger charge is 2.20. The van der Waals surface area contributed by atoms with Crippen LogP contribution >= 0.6 is 0 Å². The molecular weight excluding hydrogens is 280 g/mol. The minimum atomic E-state index is 0.218. The number of nitrogens with one attached hydrogen (secondary N) is 2. The van der Waals surface area contributed by atoms with Crippen LogP contribution in [0.5, 0.6) is 0 Å². The van der Waals surface area contributed by atoms with Gasteiger partial charge in [0, 0.05) is 22.8 Å². The van der Waals surface area contributed by atoms with E-state index in [1.54, 1.807) is 0 Å². The first-order valence-corrected chi connectivity index (χ1v) is 8.09. The van der Waals surface area contributed by atoms with E-state index in [2.05, 4.69) is 80.0 Å². The largest absolute Gasteiger partial charge is 0.356 e. The highest BCUT2D eigenvalue weighted by Crippen LogP contribution is 2.33. The lowest BCUT2D eigenvalue weighted by molar-refractivity contribution is 0.467. The second kappa shape index (κ2) is 6.33. The molecule has 0 fully saturated rings. The Morgan fingerprint density at radius 3 is 1.96 bits per heavy atom. The summed E-state index contributed by atoms with van der Waals surface area (Å²) < 4.78 is 0. The molecule has 0 aromatic heterocycles. The lowest BCUT2D eigenvalue weighted by atomic mass is 9.81. The van der Waals surface area contributed by atoms with Gasteiger partial charge in [-0.2, -0.15) is 0 Å². The van der Waals surface area contributed by atoms with Crippen molar-refractivity contribution in [1.82, 2.24) is 0 Å². The third-order valence-electron chi connectivity index (χ3n) is 3.92. The Bertz CT molecular complexity index is 722. The second-order valence-electron chi connectivity index (χ2n) is 6.95. The molecule has 1 aliphatic carbocycles.